The summed E-state index contributed by atoms with van der Waals surface area (Å²) < 4.78 is 1.93. The van der Waals surface area contributed by atoms with Crippen LogP contribution < -0.4 is 5.32 Å². The molecule has 3 aromatic rings. The van der Waals surface area contributed by atoms with Crippen LogP contribution >= 0.6 is 0 Å². The fourth-order valence-corrected chi connectivity index (χ4v) is 3.79. The average molecular weight is 433 g/mol. The summed E-state index contributed by atoms with van der Waals surface area (Å²) in [6.45, 7) is 7.74. The van der Waals surface area contributed by atoms with Crippen molar-refractivity contribution < 1.29 is 9.59 Å². The van der Waals surface area contributed by atoms with Gasteiger partial charge in [0.15, 0.2) is 0 Å². The zero-order valence-electron chi connectivity index (χ0n) is 19.1. The van der Waals surface area contributed by atoms with Crippen LogP contribution in [0.2, 0.25) is 0 Å². The first kappa shape index (κ1) is 23.3. The third kappa shape index (κ3) is 5.84. The number of carbonyl (C=O) groups is 2. The summed E-state index contributed by atoms with van der Waals surface area (Å²) in [6.07, 6.45) is 5.14. The van der Waals surface area contributed by atoms with Crippen LogP contribution in [0.5, 0.6) is 0 Å². The molecule has 3 rings (SSSR count). The molecule has 0 bridgehead atoms. The van der Waals surface area contributed by atoms with E-state index in [-0.39, 0.29) is 24.4 Å². The van der Waals surface area contributed by atoms with Crippen LogP contribution in [0.3, 0.4) is 0 Å². The lowest BCUT2D eigenvalue weighted by Crippen LogP contribution is -2.36. The predicted octanol–water partition coefficient (Wildman–Crippen LogP) is 4.58. The van der Waals surface area contributed by atoms with Crippen LogP contribution in [-0.4, -0.2) is 39.4 Å². The highest BCUT2D eigenvalue weighted by Gasteiger charge is 2.21. The van der Waals surface area contributed by atoms with Gasteiger partial charge in [0.1, 0.15) is 12.4 Å². The molecule has 1 unspecified atom stereocenters. The van der Waals surface area contributed by atoms with E-state index in [1.807, 2.05) is 71.0 Å². The molecule has 0 aliphatic carbocycles. The van der Waals surface area contributed by atoms with Crippen molar-refractivity contribution in [1.82, 2.24) is 19.8 Å². The molecule has 0 fully saturated rings. The van der Waals surface area contributed by atoms with Gasteiger partial charge in [0.25, 0.3) is 0 Å². The van der Waals surface area contributed by atoms with Gasteiger partial charge in [-0.15, -0.1) is 0 Å². The molecule has 1 N–H and O–H groups in total. The molecule has 0 aliphatic heterocycles. The number of aromatic nitrogens is 2. The second-order valence-electron chi connectivity index (χ2n) is 7.90. The molecule has 1 heterocycles. The fourth-order valence-electron chi connectivity index (χ4n) is 3.79. The van der Waals surface area contributed by atoms with Crippen LogP contribution in [0.25, 0.3) is 17.1 Å². The Morgan fingerprint density at radius 1 is 1.03 bits per heavy atom. The molecule has 6 nitrogen and oxygen atoms in total. The molecular formula is C26H32N4O2. The zero-order valence-corrected chi connectivity index (χ0v) is 19.1. The average Bonchev–Trinajstić information content (AvgIpc) is 3.17. The van der Waals surface area contributed by atoms with Crippen molar-refractivity contribution in [1.29, 1.82) is 0 Å². The molecule has 0 saturated heterocycles. The van der Waals surface area contributed by atoms with Crippen molar-refractivity contribution in [3.05, 3.63) is 72.1 Å². The normalized spacial score (nSPS) is 12.2. The third-order valence-corrected chi connectivity index (χ3v) is 5.29. The van der Waals surface area contributed by atoms with Crippen LogP contribution in [0.15, 0.2) is 60.7 Å². The molecule has 168 valence electrons. The van der Waals surface area contributed by atoms with E-state index in [2.05, 4.69) is 19.2 Å². The number of hydrogen-bond donors (Lipinski definition) is 1. The van der Waals surface area contributed by atoms with Gasteiger partial charge < -0.3 is 14.8 Å². The Balaban J connectivity index is 1.81. The van der Waals surface area contributed by atoms with Crippen LogP contribution in [0, 0.1) is 0 Å². The van der Waals surface area contributed by atoms with E-state index < -0.39 is 0 Å². The second-order valence-corrected chi connectivity index (χ2v) is 7.90. The van der Waals surface area contributed by atoms with E-state index in [1.165, 1.54) is 6.08 Å². The molecule has 0 aliphatic rings. The number of nitrogens with zero attached hydrogens (tertiary/aromatic N) is 3. The first-order chi connectivity index (χ1) is 15.5. The minimum Gasteiger partial charge on any atom is -0.343 e. The van der Waals surface area contributed by atoms with Crippen molar-refractivity contribution >= 4 is 28.9 Å². The van der Waals surface area contributed by atoms with Crippen LogP contribution in [0.1, 0.15) is 51.0 Å². The van der Waals surface area contributed by atoms with Gasteiger partial charge in [-0.2, -0.15) is 0 Å². The maximum absolute atomic E-state index is 13.1. The second kappa shape index (κ2) is 11.3. The van der Waals surface area contributed by atoms with Gasteiger partial charge in [-0.1, -0.05) is 56.3 Å². The van der Waals surface area contributed by atoms with E-state index >= 15 is 0 Å². The van der Waals surface area contributed by atoms with E-state index in [9.17, 15) is 9.59 Å². The summed E-state index contributed by atoms with van der Waals surface area (Å²) in [5.74, 6) is 0.541. The lowest BCUT2D eigenvalue weighted by molar-refractivity contribution is -0.131. The van der Waals surface area contributed by atoms with Crippen molar-refractivity contribution in [3.8, 4) is 0 Å². The van der Waals surface area contributed by atoms with Crippen molar-refractivity contribution in [2.75, 3.05) is 13.1 Å². The number of amides is 2. The topological polar surface area (TPSA) is 67.2 Å². The quantitative estimate of drug-likeness (QED) is 0.477. The Morgan fingerprint density at radius 2 is 1.69 bits per heavy atom. The molecule has 0 spiro atoms. The Labute approximate surface area is 189 Å². The Bertz CT molecular complexity index is 1070. The highest BCUT2D eigenvalue weighted by Crippen LogP contribution is 2.21. The molecule has 0 radical (unpaired) electrons. The number of hydrogen-bond acceptors (Lipinski definition) is 3. The van der Waals surface area contributed by atoms with Crippen LogP contribution in [0.4, 0.5) is 0 Å². The monoisotopic (exact) mass is 432 g/mol. The highest BCUT2D eigenvalue weighted by atomic mass is 16.2. The van der Waals surface area contributed by atoms with Gasteiger partial charge in [0, 0.05) is 19.2 Å². The van der Waals surface area contributed by atoms with Crippen molar-refractivity contribution in [2.24, 2.45) is 0 Å². The summed E-state index contributed by atoms with van der Waals surface area (Å²) in [4.78, 5) is 32.2. The molecule has 0 saturated carbocycles. The van der Waals surface area contributed by atoms with Crippen molar-refractivity contribution in [3.63, 3.8) is 0 Å². The number of benzene rings is 2. The van der Waals surface area contributed by atoms with Gasteiger partial charge in [-0.25, -0.2) is 4.98 Å². The molecule has 6 heteroatoms. The highest BCUT2D eigenvalue weighted by molar-refractivity contribution is 5.92. The minimum atomic E-state index is -0.353. The molecule has 1 aromatic heterocycles. The first-order valence-electron chi connectivity index (χ1n) is 11.3. The van der Waals surface area contributed by atoms with Gasteiger partial charge in [-0.3, -0.25) is 9.59 Å². The predicted molar refractivity (Wildman–Crippen MR) is 129 cm³/mol. The maximum atomic E-state index is 13.1. The number of carbonyl (C=O) groups excluding carboxylic acids is 2. The van der Waals surface area contributed by atoms with Gasteiger partial charge in [0.05, 0.1) is 17.1 Å². The number of imidazole rings is 1. The number of nitrogens with one attached hydrogen (secondary N) is 1. The minimum absolute atomic E-state index is 0.0700. The lowest BCUT2D eigenvalue weighted by Gasteiger charge is -2.23. The molecular weight excluding hydrogens is 400 g/mol. The molecule has 2 aromatic carbocycles. The van der Waals surface area contributed by atoms with Gasteiger partial charge in [-0.05, 0) is 43.5 Å². The van der Waals surface area contributed by atoms with E-state index in [0.717, 1.165) is 42.5 Å². The SMILES string of the molecule is CCCN(CCC)C(=O)Cn1c(C(C)NC(=O)/C=C\c2ccccc2)nc2ccccc21. The van der Waals surface area contributed by atoms with E-state index in [1.54, 1.807) is 6.08 Å². The largest absolute Gasteiger partial charge is 0.343 e. The van der Waals surface area contributed by atoms with Crippen molar-refractivity contribution in [2.45, 2.75) is 46.2 Å². The molecule has 2 amide bonds. The Kier molecular flexibility index (Phi) is 8.20. The summed E-state index contributed by atoms with van der Waals surface area (Å²) in [5, 5.41) is 2.99. The lowest BCUT2D eigenvalue weighted by atomic mass is 10.2. The van der Waals surface area contributed by atoms with Gasteiger partial charge >= 0.3 is 0 Å². The van der Waals surface area contributed by atoms with Crippen LogP contribution in [-0.2, 0) is 16.1 Å². The summed E-state index contributed by atoms with van der Waals surface area (Å²) >= 11 is 0. The third-order valence-electron chi connectivity index (χ3n) is 5.29. The van der Waals surface area contributed by atoms with E-state index in [0.29, 0.717) is 5.82 Å². The number of rotatable bonds is 10. The number of para-hydroxylation sites is 2. The molecule has 1 atom stereocenters. The Morgan fingerprint density at radius 3 is 2.38 bits per heavy atom. The first-order valence-corrected chi connectivity index (χ1v) is 11.3. The zero-order chi connectivity index (χ0) is 22.9. The van der Waals surface area contributed by atoms with Gasteiger partial charge in [0.2, 0.25) is 11.8 Å². The Hall–Kier alpha value is -3.41. The number of fused-ring (bicyclic) bond motifs is 1. The molecule has 32 heavy (non-hydrogen) atoms. The smallest absolute Gasteiger partial charge is 0.244 e. The fraction of sp³-hybridized carbons (Fsp3) is 0.346. The summed E-state index contributed by atoms with van der Waals surface area (Å²) in [7, 11) is 0. The summed E-state index contributed by atoms with van der Waals surface area (Å²) in [6, 6.07) is 17.1. The van der Waals surface area contributed by atoms with E-state index in [4.69, 9.17) is 4.98 Å². The standard InChI is InChI=1S/C26H32N4O2/c1-4-17-29(18-5-2)25(32)19-30-23-14-10-9-13-22(23)28-26(30)20(3)27-24(31)16-15-21-11-7-6-8-12-21/h6-16,20H,4-5,17-19H2,1-3H3,(H,27,31)/b16-15-. The maximum Gasteiger partial charge on any atom is 0.244 e. The summed E-state index contributed by atoms with van der Waals surface area (Å²) in [5.41, 5.74) is 2.67.